The van der Waals surface area contributed by atoms with E-state index in [9.17, 15) is 4.39 Å². The van der Waals surface area contributed by atoms with E-state index in [2.05, 4.69) is 12.2 Å². The van der Waals surface area contributed by atoms with Crippen LogP contribution in [0.4, 0.5) is 4.39 Å². The summed E-state index contributed by atoms with van der Waals surface area (Å²) in [7, 11) is 0. The van der Waals surface area contributed by atoms with Crippen molar-refractivity contribution in [1.82, 2.24) is 5.32 Å². The summed E-state index contributed by atoms with van der Waals surface area (Å²) in [6.07, 6.45) is 4.59. The Morgan fingerprint density at radius 1 is 1.38 bits per heavy atom. The molecule has 0 saturated heterocycles. The van der Waals surface area contributed by atoms with Gasteiger partial charge in [0.25, 0.3) is 0 Å². The van der Waals surface area contributed by atoms with E-state index in [4.69, 9.17) is 16.3 Å². The lowest BCUT2D eigenvalue weighted by atomic mass is 9.77. The molecule has 2 rings (SSSR count). The molecule has 1 atom stereocenters. The highest BCUT2D eigenvalue weighted by Gasteiger charge is 2.32. The van der Waals surface area contributed by atoms with Crippen LogP contribution in [0.1, 0.15) is 51.1 Å². The summed E-state index contributed by atoms with van der Waals surface area (Å²) >= 11 is 5.85. The van der Waals surface area contributed by atoms with Crippen molar-refractivity contribution in [2.24, 2.45) is 5.92 Å². The molecule has 0 aromatic heterocycles. The lowest BCUT2D eigenvalue weighted by Crippen LogP contribution is -2.35. The van der Waals surface area contributed by atoms with Gasteiger partial charge in [0, 0.05) is 23.2 Å². The summed E-state index contributed by atoms with van der Waals surface area (Å²) < 4.78 is 19.8. The maximum absolute atomic E-state index is 14.1. The Hall–Kier alpha value is -0.640. The minimum atomic E-state index is -0.211. The van der Waals surface area contributed by atoms with Crippen molar-refractivity contribution in [1.29, 1.82) is 0 Å². The summed E-state index contributed by atoms with van der Waals surface area (Å²) in [5.41, 5.74) is 0.729. The fourth-order valence-electron chi connectivity index (χ4n) is 3.00. The van der Waals surface area contributed by atoms with Crippen LogP contribution in [0.15, 0.2) is 18.2 Å². The van der Waals surface area contributed by atoms with E-state index < -0.39 is 0 Å². The predicted molar refractivity (Wildman–Crippen MR) is 85.2 cm³/mol. The zero-order valence-electron chi connectivity index (χ0n) is 12.9. The maximum Gasteiger partial charge on any atom is 0.129 e. The Kier molecular flexibility index (Phi) is 6.46. The summed E-state index contributed by atoms with van der Waals surface area (Å²) in [4.78, 5) is 0. The van der Waals surface area contributed by atoms with Crippen molar-refractivity contribution in [3.8, 4) is 0 Å². The van der Waals surface area contributed by atoms with Gasteiger partial charge in [0.05, 0.1) is 6.10 Å². The molecule has 1 saturated carbocycles. The predicted octanol–water partition coefficient (Wildman–Crippen LogP) is 4.73. The Balaban J connectivity index is 1.98. The van der Waals surface area contributed by atoms with Crippen LogP contribution in [0.2, 0.25) is 5.02 Å². The van der Waals surface area contributed by atoms with Crippen molar-refractivity contribution in [3.05, 3.63) is 34.6 Å². The fourth-order valence-corrected chi connectivity index (χ4v) is 3.15. The SMILES string of the molecule is CCCNC(CC1CC(OCC)C1)c1ccc(Cl)cc1F. The molecule has 0 amide bonds. The molecule has 1 aliphatic rings. The Bertz CT molecular complexity index is 448. The van der Waals surface area contributed by atoms with Crippen molar-refractivity contribution in [3.63, 3.8) is 0 Å². The van der Waals surface area contributed by atoms with Crippen LogP contribution in [0.5, 0.6) is 0 Å². The number of hydrogen-bond donors (Lipinski definition) is 1. The standard InChI is InChI=1S/C17H25ClFNO/c1-3-7-20-17(10-12-8-14(9-12)21-4-2)15-6-5-13(18)11-16(15)19/h5-6,11-12,14,17,20H,3-4,7-10H2,1-2H3. The number of benzene rings is 1. The first-order chi connectivity index (χ1) is 10.1. The maximum atomic E-state index is 14.1. The third-order valence-corrected chi connectivity index (χ3v) is 4.38. The molecule has 0 heterocycles. The monoisotopic (exact) mass is 313 g/mol. The molecule has 1 unspecified atom stereocenters. The molecule has 1 fully saturated rings. The van der Waals surface area contributed by atoms with Crippen LogP contribution < -0.4 is 5.32 Å². The van der Waals surface area contributed by atoms with E-state index in [0.29, 0.717) is 17.0 Å². The summed E-state index contributed by atoms with van der Waals surface area (Å²) in [5.74, 6) is 0.405. The van der Waals surface area contributed by atoms with E-state index in [1.54, 1.807) is 6.07 Å². The molecule has 118 valence electrons. The number of rotatable bonds is 8. The highest BCUT2D eigenvalue weighted by molar-refractivity contribution is 6.30. The number of hydrogen-bond acceptors (Lipinski definition) is 2. The van der Waals surface area contributed by atoms with E-state index in [1.165, 1.54) is 6.07 Å². The largest absolute Gasteiger partial charge is 0.378 e. The van der Waals surface area contributed by atoms with E-state index in [0.717, 1.165) is 44.4 Å². The Morgan fingerprint density at radius 3 is 2.76 bits per heavy atom. The first-order valence-electron chi connectivity index (χ1n) is 7.93. The highest BCUT2D eigenvalue weighted by Crippen LogP contribution is 2.37. The Labute approximate surface area is 132 Å². The molecule has 1 aliphatic carbocycles. The third kappa shape index (κ3) is 4.67. The average Bonchev–Trinajstić information content (AvgIpc) is 2.41. The lowest BCUT2D eigenvalue weighted by Gasteiger charge is -2.37. The molecule has 0 radical (unpaired) electrons. The topological polar surface area (TPSA) is 21.3 Å². The third-order valence-electron chi connectivity index (χ3n) is 4.14. The van der Waals surface area contributed by atoms with Gasteiger partial charge in [-0.2, -0.15) is 0 Å². The van der Waals surface area contributed by atoms with Gasteiger partial charge in [-0.05, 0) is 57.2 Å². The molecule has 1 aromatic carbocycles. The van der Waals surface area contributed by atoms with Gasteiger partial charge in [-0.25, -0.2) is 4.39 Å². The van der Waals surface area contributed by atoms with Crippen LogP contribution in [-0.2, 0) is 4.74 Å². The highest BCUT2D eigenvalue weighted by atomic mass is 35.5. The van der Waals surface area contributed by atoms with Gasteiger partial charge in [0.1, 0.15) is 5.82 Å². The van der Waals surface area contributed by atoms with Crippen molar-refractivity contribution >= 4 is 11.6 Å². The molecule has 4 heteroatoms. The molecule has 1 aromatic rings. The quantitative estimate of drug-likeness (QED) is 0.749. The van der Waals surface area contributed by atoms with E-state index in [1.807, 2.05) is 13.0 Å². The minimum Gasteiger partial charge on any atom is -0.378 e. The molecule has 0 aliphatic heterocycles. The molecule has 1 N–H and O–H groups in total. The van der Waals surface area contributed by atoms with Crippen LogP contribution in [0.25, 0.3) is 0 Å². The smallest absolute Gasteiger partial charge is 0.129 e. The molecule has 2 nitrogen and oxygen atoms in total. The van der Waals surface area contributed by atoms with Gasteiger partial charge in [-0.15, -0.1) is 0 Å². The van der Waals surface area contributed by atoms with Gasteiger partial charge in [-0.3, -0.25) is 0 Å². The van der Waals surface area contributed by atoms with Gasteiger partial charge < -0.3 is 10.1 Å². The fraction of sp³-hybridized carbons (Fsp3) is 0.647. The van der Waals surface area contributed by atoms with Gasteiger partial charge in [-0.1, -0.05) is 24.6 Å². The van der Waals surface area contributed by atoms with E-state index in [-0.39, 0.29) is 11.9 Å². The molecule has 0 spiro atoms. The van der Waals surface area contributed by atoms with Crippen molar-refractivity contribution in [2.75, 3.05) is 13.2 Å². The summed E-state index contributed by atoms with van der Waals surface area (Å²) in [6, 6.07) is 5.05. The second-order valence-corrected chi connectivity index (χ2v) is 6.26. The zero-order valence-corrected chi connectivity index (χ0v) is 13.6. The number of ether oxygens (including phenoxy) is 1. The second-order valence-electron chi connectivity index (χ2n) is 5.82. The zero-order chi connectivity index (χ0) is 15.2. The van der Waals surface area contributed by atoms with E-state index >= 15 is 0 Å². The number of halogens is 2. The average molecular weight is 314 g/mol. The summed E-state index contributed by atoms with van der Waals surface area (Å²) in [6.45, 7) is 5.83. The Morgan fingerprint density at radius 2 is 2.14 bits per heavy atom. The van der Waals surface area contributed by atoms with Gasteiger partial charge in [0.15, 0.2) is 0 Å². The van der Waals surface area contributed by atoms with Crippen LogP contribution in [-0.4, -0.2) is 19.3 Å². The molecular weight excluding hydrogens is 289 g/mol. The van der Waals surface area contributed by atoms with Crippen LogP contribution in [0, 0.1) is 11.7 Å². The van der Waals surface area contributed by atoms with Gasteiger partial charge >= 0.3 is 0 Å². The van der Waals surface area contributed by atoms with Crippen LogP contribution in [0.3, 0.4) is 0 Å². The first-order valence-corrected chi connectivity index (χ1v) is 8.31. The second kappa shape index (κ2) is 8.11. The minimum absolute atomic E-state index is 0.0646. The summed E-state index contributed by atoms with van der Waals surface area (Å²) in [5, 5.41) is 3.92. The van der Waals surface area contributed by atoms with Crippen molar-refractivity contribution < 1.29 is 9.13 Å². The molecule has 21 heavy (non-hydrogen) atoms. The molecule has 0 bridgehead atoms. The lowest BCUT2D eigenvalue weighted by molar-refractivity contribution is -0.0292. The van der Waals surface area contributed by atoms with Crippen LogP contribution >= 0.6 is 11.6 Å². The normalized spacial score (nSPS) is 22.9. The van der Waals surface area contributed by atoms with Gasteiger partial charge in [0.2, 0.25) is 0 Å². The first kappa shape index (κ1) is 16.7. The molecular formula is C17H25ClFNO. The number of nitrogens with one attached hydrogen (secondary N) is 1. The van der Waals surface area contributed by atoms with Crippen molar-refractivity contribution in [2.45, 2.75) is 51.7 Å².